The van der Waals surface area contributed by atoms with Gasteiger partial charge >= 0.3 is 0 Å². The molecule has 176 valence electrons. The smallest absolute Gasteiger partial charge is 0.137 e. The molecule has 1 saturated heterocycles. The molecule has 1 aliphatic rings. The van der Waals surface area contributed by atoms with Crippen LogP contribution in [0.15, 0.2) is 42.5 Å². The minimum atomic E-state index is -0.503. The van der Waals surface area contributed by atoms with Crippen LogP contribution in [0, 0.1) is 0 Å². The highest BCUT2D eigenvalue weighted by molar-refractivity contribution is 6.32. The van der Waals surface area contributed by atoms with Crippen molar-refractivity contribution in [3.05, 3.63) is 58.6 Å². The van der Waals surface area contributed by atoms with E-state index >= 15 is 0 Å². The van der Waals surface area contributed by atoms with Gasteiger partial charge in [-0.3, -0.25) is 4.90 Å². The van der Waals surface area contributed by atoms with E-state index in [1.165, 1.54) is 0 Å². The van der Waals surface area contributed by atoms with Crippen LogP contribution >= 0.6 is 23.2 Å². The lowest BCUT2D eigenvalue weighted by molar-refractivity contribution is 0.0641. The molecule has 2 aromatic carbocycles. The first-order valence-corrected chi connectivity index (χ1v) is 12.1. The first kappa shape index (κ1) is 25.1. The zero-order valence-electron chi connectivity index (χ0n) is 18.9. The molecule has 0 aromatic heterocycles. The van der Waals surface area contributed by atoms with E-state index in [0.717, 1.165) is 49.5 Å². The molecule has 2 N–H and O–H groups in total. The number of halogens is 2. The van der Waals surface area contributed by atoms with Gasteiger partial charge in [0.1, 0.15) is 24.2 Å². The van der Waals surface area contributed by atoms with Crippen LogP contribution in [0.3, 0.4) is 0 Å². The van der Waals surface area contributed by atoms with E-state index in [-0.39, 0.29) is 12.0 Å². The molecular weight excluding hydrogens is 447 g/mol. The lowest BCUT2D eigenvalue weighted by Gasteiger charge is -2.29. The second-order valence-electron chi connectivity index (χ2n) is 8.70. The highest BCUT2D eigenvalue weighted by Crippen LogP contribution is 2.36. The average molecular weight is 481 g/mol. The predicted molar refractivity (Wildman–Crippen MR) is 132 cm³/mol. The number of nitrogens with one attached hydrogen (secondary N) is 1. The van der Waals surface area contributed by atoms with Crippen LogP contribution in [-0.4, -0.2) is 67.9 Å². The number of aliphatic hydroxyl groups is 1. The van der Waals surface area contributed by atoms with Crippen molar-refractivity contribution in [1.29, 1.82) is 0 Å². The van der Waals surface area contributed by atoms with Crippen LogP contribution in [-0.2, 0) is 5.41 Å². The summed E-state index contributed by atoms with van der Waals surface area (Å²) in [6, 6.07) is 14.0. The molecule has 0 radical (unpaired) electrons. The van der Waals surface area contributed by atoms with E-state index in [0.29, 0.717) is 29.8 Å². The van der Waals surface area contributed by atoms with Crippen molar-refractivity contribution in [1.82, 2.24) is 10.2 Å². The van der Waals surface area contributed by atoms with Gasteiger partial charge in [0.25, 0.3) is 0 Å². The van der Waals surface area contributed by atoms with Crippen LogP contribution in [0.4, 0.5) is 0 Å². The Bertz CT molecular complexity index is 840. The molecule has 0 saturated carbocycles. The number of hydrogen-bond acceptors (Lipinski definition) is 5. The highest BCUT2D eigenvalue weighted by Gasteiger charge is 2.24. The third kappa shape index (κ3) is 7.00. The molecule has 0 bridgehead atoms. The fraction of sp³-hybridized carbons (Fsp3) is 0.520. The maximum Gasteiger partial charge on any atom is 0.137 e. The summed E-state index contributed by atoms with van der Waals surface area (Å²) in [5.74, 6) is 2.00. The van der Waals surface area contributed by atoms with Gasteiger partial charge < -0.3 is 19.9 Å². The quantitative estimate of drug-likeness (QED) is 0.370. The minimum absolute atomic E-state index is 0.237. The van der Waals surface area contributed by atoms with Crippen LogP contribution in [0.5, 0.6) is 11.5 Å². The van der Waals surface area contributed by atoms with Crippen LogP contribution < -0.4 is 14.8 Å². The van der Waals surface area contributed by atoms with Crippen molar-refractivity contribution >= 4 is 23.2 Å². The largest absolute Gasteiger partial charge is 0.492 e. The third-order valence-corrected chi connectivity index (χ3v) is 6.45. The van der Waals surface area contributed by atoms with E-state index in [1.54, 1.807) is 0 Å². The summed E-state index contributed by atoms with van der Waals surface area (Å²) < 4.78 is 11.5. The van der Waals surface area contributed by atoms with Crippen LogP contribution in [0.2, 0.25) is 5.02 Å². The van der Waals surface area contributed by atoms with Crippen molar-refractivity contribution in [2.45, 2.75) is 31.8 Å². The molecule has 0 aliphatic carbocycles. The maximum atomic E-state index is 10.3. The average Bonchev–Trinajstić information content (AvgIpc) is 2.80. The summed E-state index contributed by atoms with van der Waals surface area (Å²) in [6.45, 7) is 9.68. The van der Waals surface area contributed by atoms with E-state index in [1.807, 2.05) is 24.3 Å². The molecule has 0 spiro atoms. The third-order valence-electron chi connectivity index (χ3n) is 5.89. The summed E-state index contributed by atoms with van der Waals surface area (Å²) >= 11 is 12.2. The summed E-state index contributed by atoms with van der Waals surface area (Å²) in [4.78, 5) is 2.26. The Balaban J connectivity index is 1.57. The van der Waals surface area contributed by atoms with Gasteiger partial charge in [-0.1, -0.05) is 43.6 Å². The first-order chi connectivity index (χ1) is 15.4. The molecule has 1 heterocycles. The van der Waals surface area contributed by atoms with E-state index in [9.17, 15) is 5.11 Å². The topological polar surface area (TPSA) is 54.0 Å². The van der Waals surface area contributed by atoms with Crippen molar-refractivity contribution in [2.75, 3.05) is 51.8 Å². The van der Waals surface area contributed by atoms with Gasteiger partial charge in [-0.2, -0.15) is 0 Å². The van der Waals surface area contributed by atoms with Gasteiger partial charge in [-0.25, -0.2) is 0 Å². The summed E-state index contributed by atoms with van der Waals surface area (Å²) in [5.41, 5.74) is 2.02. The van der Waals surface area contributed by atoms with E-state index in [2.05, 4.69) is 42.3 Å². The number of ether oxygens (including phenoxy) is 2. The number of aliphatic hydroxyl groups excluding tert-OH is 1. The number of rotatable bonds is 11. The lowest BCUT2D eigenvalue weighted by Crippen LogP contribution is -2.47. The second-order valence-corrected chi connectivity index (χ2v) is 9.49. The Morgan fingerprint density at radius 1 is 1.06 bits per heavy atom. The molecule has 1 aliphatic heterocycles. The Morgan fingerprint density at radius 2 is 1.75 bits per heavy atom. The Kier molecular flexibility index (Phi) is 9.50. The standard InChI is InChI=1S/C25H34Cl2N2O3/c1-25(2,20-6-9-24(23(27)16-20)31-15-3-10-26)19-4-7-22(8-5-19)32-18-21(30)17-29-13-11-28-12-14-29/h4-9,16,21,28,30H,3,10-15,17-18H2,1-2H3. The van der Waals surface area contributed by atoms with Crippen molar-refractivity contribution in [3.8, 4) is 11.5 Å². The molecule has 1 unspecified atom stereocenters. The normalized spacial score (nSPS) is 16.0. The van der Waals surface area contributed by atoms with Gasteiger partial charge in [-0.15, -0.1) is 11.6 Å². The predicted octanol–water partition coefficient (Wildman–Crippen LogP) is 4.32. The Morgan fingerprint density at radius 3 is 2.41 bits per heavy atom. The van der Waals surface area contributed by atoms with Gasteiger partial charge in [0.15, 0.2) is 0 Å². The number of benzene rings is 2. The van der Waals surface area contributed by atoms with E-state index in [4.69, 9.17) is 32.7 Å². The van der Waals surface area contributed by atoms with E-state index < -0.39 is 6.10 Å². The first-order valence-electron chi connectivity index (χ1n) is 11.2. The fourth-order valence-electron chi connectivity index (χ4n) is 3.81. The summed E-state index contributed by atoms with van der Waals surface area (Å²) in [7, 11) is 0. The number of piperazine rings is 1. The molecular formula is C25H34Cl2N2O3. The molecule has 32 heavy (non-hydrogen) atoms. The van der Waals surface area contributed by atoms with Gasteiger partial charge in [0.2, 0.25) is 0 Å². The molecule has 7 heteroatoms. The van der Waals surface area contributed by atoms with Crippen LogP contribution in [0.1, 0.15) is 31.4 Å². The highest BCUT2D eigenvalue weighted by atomic mass is 35.5. The molecule has 3 rings (SSSR count). The molecule has 5 nitrogen and oxygen atoms in total. The second kappa shape index (κ2) is 12.1. The van der Waals surface area contributed by atoms with Gasteiger partial charge in [-0.05, 0) is 41.8 Å². The van der Waals surface area contributed by atoms with Crippen molar-refractivity contribution in [3.63, 3.8) is 0 Å². The van der Waals surface area contributed by atoms with Crippen molar-refractivity contribution < 1.29 is 14.6 Å². The zero-order valence-corrected chi connectivity index (χ0v) is 20.5. The van der Waals surface area contributed by atoms with Crippen molar-refractivity contribution in [2.24, 2.45) is 0 Å². The Labute approximate surface area is 201 Å². The maximum absolute atomic E-state index is 10.3. The SMILES string of the molecule is CC(C)(c1ccc(OCC(O)CN2CCNCC2)cc1)c1ccc(OCCCCl)c(Cl)c1. The molecule has 2 aromatic rings. The van der Waals surface area contributed by atoms with Gasteiger partial charge in [0.05, 0.1) is 11.6 Å². The molecule has 1 atom stereocenters. The number of hydrogen-bond donors (Lipinski definition) is 2. The zero-order chi connectivity index (χ0) is 23.0. The van der Waals surface area contributed by atoms with Crippen LogP contribution in [0.25, 0.3) is 0 Å². The number of β-amino-alcohol motifs (C(OH)–C–C–N with tert-alkyl or cyclic N) is 1. The summed E-state index contributed by atoms with van der Waals surface area (Å²) in [5, 5.41) is 14.2. The molecule has 0 amide bonds. The fourth-order valence-corrected chi connectivity index (χ4v) is 4.16. The lowest BCUT2D eigenvalue weighted by atomic mass is 9.78. The number of nitrogens with zero attached hydrogens (tertiary/aromatic N) is 1. The molecule has 1 fully saturated rings. The van der Waals surface area contributed by atoms with Gasteiger partial charge in [0, 0.05) is 44.0 Å². The summed E-state index contributed by atoms with van der Waals surface area (Å²) in [6.07, 6.45) is 0.281. The monoisotopic (exact) mass is 480 g/mol. The number of alkyl halides is 1. The Hall–Kier alpha value is -1.50. The minimum Gasteiger partial charge on any atom is -0.492 e.